The Balaban J connectivity index is 1.48. The first-order chi connectivity index (χ1) is 25.8. The SMILES string of the molecule is CC(C)(COP(=O)([O-])OP(=O)([O-])OC[C@H]1O[C@@H](n2cnc3c(N)ncnc32)[C@H](O)[C@@H]1OP(=O)([O-])[O-])[C@@H](O)C(=O)NCCC(=O)NCCSC(=O)C[C@H](O)C(=O)[O-]. The maximum absolute atomic E-state index is 12.5. The van der Waals surface area contributed by atoms with Crippen LogP contribution in [0.4, 0.5) is 5.82 Å². The van der Waals surface area contributed by atoms with Gasteiger partial charge in [-0.25, -0.2) is 19.3 Å². The molecule has 2 aromatic heterocycles. The lowest BCUT2D eigenvalue weighted by Crippen LogP contribution is -2.46. The van der Waals surface area contributed by atoms with Crippen LogP contribution in [0, 0.1) is 5.41 Å². The lowest BCUT2D eigenvalue weighted by atomic mass is 9.87. The largest absolute Gasteiger partial charge is 0.790 e. The van der Waals surface area contributed by atoms with Crippen molar-refractivity contribution in [2.24, 2.45) is 5.41 Å². The normalized spacial score (nSPS) is 22.2. The Kier molecular flexibility index (Phi) is 16.6. The molecule has 3 heterocycles. The zero-order chi connectivity index (χ0) is 42.2. The van der Waals surface area contributed by atoms with Crippen LogP contribution in [0.5, 0.6) is 0 Å². The van der Waals surface area contributed by atoms with Gasteiger partial charge in [0.25, 0.3) is 15.6 Å². The Bertz CT molecular complexity index is 1880. The van der Waals surface area contributed by atoms with E-state index in [9.17, 15) is 67.8 Å². The number of nitrogens with two attached hydrogens (primary N) is 1. The number of nitrogens with one attached hydrogen (secondary N) is 2. The number of aliphatic hydroxyl groups excluding tert-OH is 3. The fraction of sp³-hybridized carbons (Fsp3) is 0.640. The average Bonchev–Trinajstić information content (AvgIpc) is 3.64. The number of aromatic nitrogens is 4. The molecule has 56 heavy (non-hydrogen) atoms. The van der Waals surface area contributed by atoms with Crippen molar-refractivity contribution in [2.75, 3.05) is 37.8 Å². The number of hydrogen-bond donors (Lipinski definition) is 6. The fourth-order valence-electron chi connectivity index (χ4n) is 4.57. The molecule has 3 rings (SSSR count). The lowest BCUT2D eigenvalue weighted by Gasteiger charge is -2.36. The summed E-state index contributed by atoms with van der Waals surface area (Å²) in [5.41, 5.74) is 3.96. The molecule has 0 radical (unpaired) electrons. The van der Waals surface area contributed by atoms with Crippen molar-refractivity contribution >= 4 is 75.1 Å². The minimum absolute atomic E-state index is 0.0264. The van der Waals surface area contributed by atoms with Gasteiger partial charge in [-0.3, -0.25) is 28.1 Å². The molecule has 2 unspecified atom stereocenters. The Morgan fingerprint density at radius 1 is 1.05 bits per heavy atom. The number of aliphatic hydroxyl groups is 3. The third kappa shape index (κ3) is 14.1. The van der Waals surface area contributed by atoms with E-state index in [0.29, 0.717) is 11.8 Å². The molecular weight excluding hydrogens is 843 g/mol. The van der Waals surface area contributed by atoms with Crippen LogP contribution >= 0.6 is 35.2 Å². The van der Waals surface area contributed by atoms with Crippen molar-refractivity contribution < 1.29 is 95.5 Å². The third-order valence-corrected chi connectivity index (χ3v) is 11.3. The van der Waals surface area contributed by atoms with E-state index >= 15 is 0 Å². The number of hydrogen-bond acceptors (Lipinski definition) is 25. The molecule has 27 nitrogen and oxygen atoms in total. The minimum Gasteiger partial charge on any atom is -0.790 e. The van der Waals surface area contributed by atoms with Crippen molar-refractivity contribution in [1.82, 2.24) is 30.2 Å². The van der Waals surface area contributed by atoms with Crippen LogP contribution in [0.2, 0.25) is 0 Å². The maximum atomic E-state index is 12.5. The summed E-state index contributed by atoms with van der Waals surface area (Å²) in [6.07, 6.45) is -10.5. The quantitative estimate of drug-likeness (QED) is 0.0473. The molecule has 0 spiro atoms. The number of phosphoric ester groups is 3. The van der Waals surface area contributed by atoms with Gasteiger partial charge in [0.15, 0.2) is 22.8 Å². The highest BCUT2D eigenvalue weighted by atomic mass is 32.2. The monoisotopic (exact) mass is 878 g/mol. The number of aliphatic carboxylic acids is 1. The molecule has 2 amide bonds. The molecule has 1 fully saturated rings. The molecule has 2 aromatic rings. The maximum Gasteiger partial charge on any atom is 0.274 e. The van der Waals surface area contributed by atoms with Crippen molar-refractivity contribution in [1.29, 1.82) is 0 Å². The molecule has 1 aliphatic rings. The van der Waals surface area contributed by atoms with Gasteiger partial charge in [0.2, 0.25) is 11.8 Å². The van der Waals surface area contributed by atoms with E-state index in [1.165, 1.54) is 0 Å². The summed E-state index contributed by atoms with van der Waals surface area (Å²) in [5, 5.41) is 44.8. The van der Waals surface area contributed by atoms with Gasteiger partial charge in [0.1, 0.15) is 42.4 Å². The number of anilines is 1. The molecule has 31 heteroatoms. The first-order valence-corrected chi connectivity index (χ1v) is 21.1. The smallest absolute Gasteiger partial charge is 0.274 e. The number of carbonyl (C=O) groups is 4. The summed E-state index contributed by atoms with van der Waals surface area (Å²) in [6.45, 7) is -0.400. The van der Waals surface area contributed by atoms with Crippen LogP contribution in [0.1, 0.15) is 32.9 Å². The summed E-state index contributed by atoms with van der Waals surface area (Å²) >= 11 is 0.653. The van der Waals surface area contributed by atoms with Gasteiger partial charge in [-0.15, -0.1) is 0 Å². The van der Waals surface area contributed by atoms with Crippen LogP contribution in [-0.2, 0) is 55.5 Å². The van der Waals surface area contributed by atoms with Gasteiger partial charge in [0, 0.05) is 37.1 Å². The van der Waals surface area contributed by atoms with Crippen LogP contribution in [0.25, 0.3) is 11.2 Å². The second-order valence-corrected chi connectivity index (χ2v) is 17.5. The van der Waals surface area contributed by atoms with E-state index in [2.05, 4.69) is 43.5 Å². The molecule has 0 aromatic carbocycles. The number of nitrogens with zero attached hydrogens (tertiary/aromatic N) is 4. The van der Waals surface area contributed by atoms with Crippen molar-refractivity contribution in [2.45, 2.75) is 63.4 Å². The number of ether oxygens (including phenoxy) is 1. The lowest BCUT2D eigenvalue weighted by molar-refractivity contribution is -0.347. The van der Waals surface area contributed by atoms with Gasteiger partial charge in [-0.05, 0) is 0 Å². The Morgan fingerprint density at radius 3 is 2.36 bits per heavy atom. The fourth-order valence-corrected chi connectivity index (χ4v) is 8.02. The Hall–Kier alpha value is -3.01. The summed E-state index contributed by atoms with van der Waals surface area (Å²) in [7, 11) is -17.7. The summed E-state index contributed by atoms with van der Waals surface area (Å²) in [5.74, 6) is -3.55. The van der Waals surface area contributed by atoms with Gasteiger partial charge >= 0.3 is 0 Å². The summed E-state index contributed by atoms with van der Waals surface area (Å²) in [6, 6.07) is 0. The second kappa shape index (κ2) is 19.6. The first-order valence-electron chi connectivity index (χ1n) is 15.7. The zero-order valence-corrected chi connectivity index (χ0v) is 32.5. The molecular formula is C25H35N7O20P3S-5. The molecule has 0 aliphatic carbocycles. The molecule has 0 saturated carbocycles. The van der Waals surface area contributed by atoms with Crippen molar-refractivity contribution in [3.63, 3.8) is 0 Å². The summed E-state index contributed by atoms with van der Waals surface area (Å²) < 4.78 is 60.2. The van der Waals surface area contributed by atoms with Crippen LogP contribution in [-0.4, -0.2) is 120 Å². The molecule has 7 N–H and O–H groups in total. The van der Waals surface area contributed by atoms with Gasteiger partial charge in [-0.1, -0.05) is 25.6 Å². The third-order valence-electron chi connectivity index (χ3n) is 7.37. The van der Waals surface area contributed by atoms with Crippen LogP contribution in [0.3, 0.4) is 0 Å². The number of thioether (sulfide) groups is 1. The van der Waals surface area contributed by atoms with Gasteiger partial charge in [0.05, 0.1) is 33.3 Å². The standard InChI is InChI=1S/C25H40N7O20P3S/c1-25(2,19(37)22(38)28-4-3-14(34)27-5-6-56-15(35)7-12(33)24(39)40)9-49-55(46,47)52-54(44,45)48-8-13-18(51-53(41,42)43)17(36)23(50-13)32-11-31-16-20(26)29-10-30-21(16)32/h10-13,17-19,23,33,36-37H,3-9H2,1-2H3,(H,27,34)(H,28,38)(H,39,40)(H,44,45)(H,46,47)(H2,26,29,30)(H2,41,42,43)/p-5/t12-,13+,17+,18+,19-,23+/m0/s1. The Labute approximate surface area is 319 Å². The highest BCUT2D eigenvalue weighted by molar-refractivity contribution is 8.13. The average molecular weight is 879 g/mol. The molecule has 1 aliphatic heterocycles. The molecule has 316 valence electrons. The van der Waals surface area contributed by atoms with E-state index in [-0.39, 0.29) is 42.2 Å². The van der Waals surface area contributed by atoms with Gasteiger partial charge < -0.3 is 84.0 Å². The van der Waals surface area contributed by atoms with E-state index in [1.54, 1.807) is 0 Å². The number of fused-ring (bicyclic) bond motifs is 1. The number of carboxylic acid groups (broad SMARTS) is 1. The minimum atomic E-state index is -5.94. The van der Waals surface area contributed by atoms with Crippen molar-refractivity contribution in [3.05, 3.63) is 12.7 Å². The first kappa shape index (κ1) is 47.4. The molecule has 1 saturated heterocycles. The molecule has 0 bridgehead atoms. The number of rotatable bonds is 22. The number of phosphoric acid groups is 3. The topological polar surface area (TPSA) is 435 Å². The van der Waals surface area contributed by atoms with E-state index < -0.39 is 108 Å². The number of amides is 2. The van der Waals surface area contributed by atoms with E-state index in [1.807, 2.05) is 0 Å². The number of carbonyl (C=O) groups excluding carboxylic acids is 4. The number of carboxylic acids is 1. The summed E-state index contributed by atoms with van der Waals surface area (Å²) in [4.78, 5) is 106. The van der Waals surface area contributed by atoms with Crippen LogP contribution in [0.15, 0.2) is 12.7 Å². The Morgan fingerprint density at radius 2 is 1.71 bits per heavy atom. The number of nitrogen functional groups attached to an aromatic ring is 1. The van der Waals surface area contributed by atoms with E-state index in [0.717, 1.165) is 31.1 Å². The number of imidazole rings is 1. The predicted octanol–water partition coefficient (Wildman–Crippen LogP) is -6.36. The predicted molar refractivity (Wildman–Crippen MR) is 174 cm³/mol. The molecule has 8 atom stereocenters. The highest BCUT2D eigenvalue weighted by Gasteiger charge is 2.47. The zero-order valence-electron chi connectivity index (χ0n) is 29.0. The second-order valence-electron chi connectivity index (χ2n) is 12.2. The van der Waals surface area contributed by atoms with Crippen LogP contribution < -0.4 is 41.0 Å². The van der Waals surface area contributed by atoms with Gasteiger partial charge in [-0.2, -0.15) is 0 Å². The highest BCUT2D eigenvalue weighted by Crippen LogP contribution is 2.56. The van der Waals surface area contributed by atoms with E-state index in [4.69, 9.17) is 15.6 Å². The van der Waals surface area contributed by atoms with Crippen molar-refractivity contribution in [3.8, 4) is 0 Å².